The highest BCUT2D eigenvalue weighted by Gasteiger charge is 2.18. The van der Waals surface area contributed by atoms with Gasteiger partial charge in [-0.1, -0.05) is 30.0 Å². The van der Waals surface area contributed by atoms with Gasteiger partial charge in [0.05, 0.1) is 26.8 Å². The van der Waals surface area contributed by atoms with Crippen molar-refractivity contribution in [3.05, 3.63) is 81.0 Å². The fourth-order valence-corrected chi connectivity index (χ4v) is 5.18. The number of benzene rings is 1. The van der Waals surface area contributed by atoms with Crippen molar-refractivity contribution in [2.75, 3.05) is 11.1 Å². The van der Waals surface area contributed by atoms with Gasteiger partial charge in [0.25, 0.3) is 5.69 Å². The third-order valence-electron chi connectivity index (χ3n) is 4.34. The van der Waals surface area contributed by atoms with Crippen LogP contribution in [0.1, 0.15) is 5.56 Å². The monoisotopic (exact) mass is 478 g/mol. The van der Waals surface area contributed by atoms with E-state index >= 15 is 0 Å². The number of pyridine rings is 1. The maximum absolute atomic E-state index is 12.5. The summed E-state index contributed by atoms with van der Waals surface area (Å²) in [5.74, 6) is -0.345. The Morgan fingerprint density at radius 2 is 1.88 bits per heavy atom. The summed E-state index contributed by atoms with van der Waals surface area (Å²) in [6.07, 6.45) is 0. The van der Waals surface area contributed by atoms with E-state index in [1.807, 2.05) is 41.1 Å². The Bertz CT molecular complexity index is 1310. The molecule has 0 saturated carbocycles. The number of carbonyl (C=O) groups excluding carboxylic acids is 1. The number of hydrogen-bond acceptors (Lipinski definition) is 8. The van der Waals surface area contributed by atoms with E-state index in [4.69, 9.17) is 0 Å². The molecule has 0 fully saturated rings. The summed E-state index contributed by atoms with van der Waals surface area (Å²) in [6.45, 7) is 0. The maximum Gasteiger partial charge on any atom is 0.271 e. The van der Waals surface area contributed by atoms with Gasteiger partial charge in [-0.05, 0) is 35.0 Å². The van der Waals surface area contributed by atoms with E-state index in [9.17, 15) is 20.2 Å². The van der Waals surface area contributed by atoms with Crippen LogP contribution in [-0.4, -0.2) is 21.6 Å². The summed E-state index contributed by atoms with van der Waals surface area (Å²) < 4.78 is 0. The van der Waals surface area contributed by atoms with Crippen LogP contribution in [-0.2, 0) is 4.79 Å². The van der Waals surface area contributed by atoms with Crippen molar-refractivity contribution in [3.8, 4) is 27.1 Å². The highest BCUT2D eigenvalue weighted by molar-refractivity contribution is 8.00. The molecule has 4 aromatic rings. The first-order chi connectivity index (χ1) is 15.5. The fourth-order valence-electron chi connectivity index (χ4n) is 2.94. The van der Waals surface area contributed by atoms with Gasteiger partial charge in [0.15, 0.2) is 0 Å². The molecular weight excluding hydrogens is 464 g/mol. The molecule has 1 N–H and O–H groups in total. The summed E-state index contributed by atoms with van der Waals surface area (Å²) in [5.41, 5.74) is 2.17. The minimum atomic E-state index is -0.518. The van der Waals surface area contributed by atoms with E-state index in [1.165, 1.54) is 29.5 Å². The predicted molar refractivity (Wildman–Crippen MR) is 128 cm³/mol. The molecule has 0 bridgehead atoms. The molecule has 0 aliphatic rings. The number of nitrogens with zero attached hydrogens (tertiary/aromatic N) is 3. The average molecular weight is 479 g/mol. The zero-order valence-corrected chi connectivity index (χ0v) is 18.8. The molecule has 1 amide bonds. The molecule has 10 heteroatoms. The van der Waals surface area contributed by atoms with Crippen LogP contribution in [0.2, 0.25) is 0 Å². The van der Waals surface area contributed by atoms with Crippen LogP contribution < -0.4 is 5.32 Å². The third-order valence-corrected chi connectivity index (χ3v) is 7.11. The topological polar surface area (TPSA) is 109 Å². The molecule has 4 rings (SSSR count). The summed E-state index contributed by atoms with van der Waals surface area (Å²) >= 11 is 4.24. The first kappa shape index (κ1) is 21.7. The second-order valence-electron chi connectivity index (χ2n) is 6.45. The zero-order chi connectivity index (χ0) is 22.5. The minimum Gasteiger partial charge on any atom is -0.325 e. The van der Waals surface area contributed by atoms with Crippen molar-refractivity contribution in [1.82, 2.24) is 4.98 Å². The van der Waals surface area contributed by atoms with Crippen molar-refractivity contribution < 1.29 is 9.72 Å². The Balaban J connectivity index is 1.60. The normalized spacial score (nSPS) is 10.5. The van der Waals surface area contributed by atoms with Crippen molar-refractivity contribution >= 4 is 51.7 Å². The van der Waals surface area contributed by atoms with E-state index in [0.29, 0.717) is 16.3 Å². The Kier molecular flexibility index (Phi) is 6.61. The molecule has 7 nitrogen and oxygen atoms in total. The molecule has 0 radical (unpaired) electrons. The Hall–Kier alpha value is -3.52. The predicted octanol–water partition coefficient (Wildman–Crippen LogP) is 6.05. The van der Waals surface area contributed by atoms with E-state index in [1.54, 1.807) is 17.4 Å². The van der Waals surface area contributed by atoms with Gasteiger partial charge in [-0.25, -0.2) is 4.98 Å². The number of thiophene rings is 2. The number of nitriles is 1. The lowest BCUT2D eigenvalue weighted by Crippen LogP contribution is -2.14. The Morgan fingerprint density at radius 3 is 2.53 bits per heavy atom. The Labute approximate surface area is 195 Å². The second-order valence-corrected chi connectivity index (χ2v) is 9.31. The SMILES string of the molecule is N#Cc1c(-c2cccs2)cc(-c2cccs2)nc1SCC(=O)Nc1cccc([N+](=O)[O-])c1. The van der Waals surface area contributed by atoms with E-state index in [2.05, 4.69) is 16.4 Å². The van der Waals surface area contributed by atoms with E-state index < -0.39 is 4.92 Å². The number of non-ortho nitro benzene ring substituents is 1. The number of rotatable bonds is 7. The largest absolute Gasteiger partial charge is 0.325 e. The first-order valence-corrected chi connectivity index (χ1v) is 12.0. The van der Waals surface area contributed by atoms with Gasteiger partial charge in [0.2, 0.25) is 5.91 Å². The lowest BCUT2D eigenvalue weighted by atomic mass is 10.1. The number of nitro groups is 1. The zero-order valence-electron chi connectivity index (χ0n) is 16.3. The molecule has 0 unspecified atom stereocenters. The van der Waals surface area contributed by atoms with E-state index in [-0.39, 0.29) is 17.3 Å². The number of nitrogens with one attached hydrogen (secondary N) is 1. The first-order valence-electron chi connectivity index (χ1n) is 9.25. The molecule has 0 atom stereocenters. The van der Waals surface area contributed by atoms with Gasteiger partial charge in [0.1, 0.15) is 11.1 Å². The minimum absolute atomic E-state index is 0.00213. The van der Waals surface area contributed by atoms with E-state index in [0.717, 1.165) is 32.8 Å². The lowest BCUT2D eigenvalue weighted by Gasteiger charge is -2.11. The average Bonchev–Trinajstić information content (AvgIpc) is 3.51. The van der Waals surface area contributed by atoms with Gasteiger partial charge in [0, 0.05) is 28.3 Å². The molecule has 0 aliphatic heterocycles. The quantitative estimate of drug-likeness (QED) is 0.197. The molecule has 0 aliphatic carbocycles. The lowest BCUT2D eigenvalue weighted by molar-refractivity contribution is -0.384. The van der Waals surface area contributed by atoms with Gasteiger partial charge in [-0.2, -0.15) is 5.26 Å². The number of aromatic nitrogens is 1. The third kappa shape index (κ3) is 4.86. The van der Waals surface area contributed by atoms with Crippen LogP contribution in [0.3, 0.4) is 0 Å². The van der Waals surface area contributed by atoms with Gasteiger partial charge in [-0.15, -0.1) is 22.7 Å². The summed E-state index contributed by atoms with van der Waals surface area (Å²) in [6, 6.07) is 17.7. The van der Waals surface area contributed by atoms with Gasteiger partial charge in [-0.3, -0.25) is 14.9 Å². The van der Waals surface area contributed by atoms with Crippen LogP contribution in [0.25, 0.3) is 21.0 Å². The molecule has 32 heavy (non-hydrogen) atoms. The fraction of sp³-hybridized carbons (Fsp3) is 0.0455. The summed E-state index contributed by atoms with van der Waals surface area (Å²) in [4.78, 5) is 29.5. The van der Waals surface area contributed by atoms with Crippen LogP contribution in [0, 0.1) is 21.4 Å². The molecule has 3 heterocycles. The number of carbonyl (C=O) groups is 1. The Morgan fingerprint density at radius 1 is 1.12 bits per heavy atom. The van der Waals surface area contributed by atoms with Crippen LogP contribution in [0.4, 0.5) is 11.4 Å². The number of thioether (sulfide) groups is 1. The molecule has 0 spiro atoms. The van der Waals surface area contributed by atoms with Crippen molar-refractivity contribution in [3.63, 3.8) is 0 Å². The summed E-state index contributed by atoms with van der Waals surface area (Å²) in [7, 11) is 0. The highest BCUT2D eigenvalue weighted by Crippen LogP contribution is 2.37. The van der Waals surface area contributed by atoms with Crippen LogP contribution in [0.5, 0.6) is 0 Å². The number of amides is 1. The second kappa shape index (κ2) is 9.74. The number of hydrogen-bond donors (Lipinski definition) is 1. The highest BCUT2D eigenvalue weighted by atomic mass is 32.2. The van der Waals surface area contributed by atoms with Crippen LogP contribution in [0.15, 0.2) is 70.4 Å². The molecule has 158 valence electrons. The van der Waals surface area contributed by atoms with Crippen LogP contribution >= 0.6 is 34.4 Å². The van der Waals surface area contributed by atoms with Gasteiger partial charge < -0.3 is 5.32 Å². The van der Waals surface area contributed by atoms with Crippen molar-refractivity contribution in [2.45, 2.75) is 5.03 Å². The van der Waals surface area contributed by atoms with Crippen molar-refractivity contribution in [1.29, 1.82) is 5.26 Å². The molecule has 1 aromatic carbocycles. The smallest absolute Gasteiger partial charge is 0.271 e. The van der Waals surface area contributed by atoms with Crippen molar-refractivity contribution in [2.24, 2.45) is 0 Å². The van der Waals surface area contributed by atoms with Gasteiger partial charge >= 0.3 is 0 Å². The summed E-state index contributed by atoms with van der Waals surface area (Å²) in [5, 5.41) is 27.8. The molecule has 0 saturated heterocycles. The standard InChI is InChI=1S/C22H14N4O3S3/c23-12-17-16(19-6-2-8-30-19)11-18(20-7-3-9-31-20)25-22(17)32-13-21(27)24-14-4-1-5-15(10-14)26(28)29/h1-11H,13H2,(H,24,27). The maximum atomic E-state index is 12.5. The number of nitro benzene ring substituents is 1. The molecule has 3 aromatic heterocycles. The molecular formula is C22H14N4O3S3. The number of anilines is 1.